The Kier molecular flexibility index (Phi) is 4.36. The molecule has 0 aliphatic heterocycles. The van der Waals surface area contributed by atoms with Gasteiger partial charge in [0.15, 0.2) is 0 Å². The molecule has 8 nitrogen and oxygen atoms in total. The van der Waals surface area contributed by atoms with Crippen molar-refractivity contribution in [3.05, 3.63) is 30.4 Å². The lowest BCUT2D eigenvalue weighted by atomic mass is 9.90. The fourth-order valence-corrected chi connectivity index (χ4v) is 3.61. The number of amides is 2. The van der Waals surface area contributed by atoms with E-state index in [0.717, 1.165) is 38.5 Å². The van der Waals surface area contributed by atoms with E-state index in [2.05, 4.69) is 20.7 Å². The summed E-state index contributed by atoms with van der Waals surface area (Å²) in [6, 6.07) is 0.268. The van der Waals surface area contributed by atoms with Crippen molar-refractivity contribution < 1.29 is 14.3 Å². The van der Waals surface area contributed by atoms with Gasteiger partial charge in [0.1, 0.15) is 5.60 Å². The highest BCUT2D eigenvalue weighted by Crippen LogP contribution is 2.39. The second kappa shape index (κ2) is 6.68. The predicted molar refractivity (Wildman–Crippen MR) is 93.6 cm³/mol. The van der Waals surface area contributed by atoms with Crippen LogP contribution in [0.15, 0.2) is 24.8 Å². The average Bonchev–Trinajstić information content (AvgIpc) is 3.35. The second-order valence-electron chi connectivity index (χ2n) is 7.16. The smallest absolute Gasteiger partial charge is 0.255 e. The minimum atomic E-state index is -0.581. The van der Waals surface area contributed by atoms with Crippen LogP contribution in [0.25, 0.3) is 5.52 Å². The van der Waals surface area contributed by atoms with Crippen LogP contribution in [0.4, 0.5) is 0 Å². The number of ether oxygens (including phenoxy) is 1. The lowest BCUT2D eigenvalue weighted by molar-refractivity contribution is -0.134. The number of fused-ring (bicyclic) bond motifs is 1. The number of nitrogens with one attached hydrogen (secondary N) is 2. The third-order valence-electron chi connectivity index (χ3n) is 5.48. The highest BCUT2D eigenvalue weighted by molar-refractivity contribution is 6.00. The van der Waals surface area contributed by atoms with Crippen molar-refractivity contribution in [1.82, 2.24) is 25.2 Å². The van der Waals surface area contributed by atoms with Gasteiger partial charge in [-0.05, 0) is 38.5 Å². The van der Waals surface area contributed by atoms with E-state index in [1.54, 1.807) is 36.4 Å². The summed E-state index contributed by atoms with van der Waals surface area (Å²) in [6.45, 7) is 0. The summed E-state index contributed by atoms with van der Waals surface area (Å²) in [4.78, 5) is 28.8. The molecule has 0 radical (unpaired) electrons. The molecule has 2 saturated carbocycles. The van der Waals surface area contributed by atoms with Crippen LogP contribution in [0.1, 0.15) is 48.9 Å². The largest absolute Gasteiger partial charge is 0.368 e. The van der Waals surface area contributed by atoms with E-state index >= 15 is 0 Å². The number of hydrogen-bond donors (Lipinski definition) is 2. The maximum Gasteiger partial charge on any atom is 0.255 e. The van der Waals surface area contributed by atoms with Crippen LogP contribution in [-0.2, 0) is 9.53 Å². The summed E-state index contributed by atoms with van der Waals surface area (Å²) < 4.78 is 6.96. The summed E-state index contributed by atoms with van der Waals surface area (Å²) in [5, 5.41) is 10.4. The van der Waals surface area contributed by atoms with Gasteiger partial charge >= 0.3 is 0 Å². The zero-order valence-corrected chi connectivity index (χ0v) is 14.8. The van der Waals surface area contributed by atoms with E-state index in [1.807, 2.05) is 0 Å². The molecule has 2 fully saturated rings. The van der Waals surface area contributed by atoms with Crippen LogP contribution in [-0.4, -0.2) is 51.2 Å². The monoisotopic (exact) mass is 357 g/mol. The van der Waals surface area contributed by atoms with Gasteiger partial charge in [-0.1, -0.05) is 0 Å². The molecule has 2 aliphatic rings. The molecule has 0 aromatic carbocycles. The molecule has 2 N–H and O–H groups in total. The van der Waals surface area contributed by atoms with Crippen molar-refractivity contribution in [2.24, 2.45) is 0 Å². The molecule has 8 heteroatoms. The van der Waals surface area contributed by atoms with Gasteiger partial charge in [0.2, 0.25) is 0 Å². The first-order valence-corrected chi connectivity index (χ1v) is 9.06. The van der Waals surface area contributed by atoms with Crippen LogP contribution >= 0.6 is 0 Å². The molecule has 2 aromatic rings. The normalized spacial score (nSPS) is 24.2. The third-order valence-corrected chi connectivity index (χ3v) is 5.48. The Hall–Kier alpha value is -2.48. The van der Waals surface area contributed by atoms with Crippen molar-refractivity contribution in [3.8, 4) is 0 Å². The average molecular weight is 357 g/mol. The molecule has 26 heavy (non-hydrogen) atoms. The minimum Gasteiger partial charge on any atom is -0.368 e. The Bertz CT molecular complexity index is 821. The maximum absolute atomic E-state index is 12.5. The van der Waals surface area contributed by atoms with E-state index < -0.39 is 5.60 Å². The molecular formula is C18H23N5O3. The summed E-state index contributed by atoms with van der Waals surface area (Å²) in [7, 11) is 1.59. The molecule has 0 atom stereocenters. The van der Waals surface area contributed by atoms with E-state index in [0.29, 0.717) is 11.1 Å². The van der Waals surface area contributed by atoms with Crippen molar-refractivity contribution in [2.45, 2.75) is 56.2 Å². The fourth-order valence-electron chi connectivity index (χ4n) is 3.61. The second-order valence-corrected chi connectivity index (χ2v) is 7.16. The Labute approximate surface area is 151 Å². The number of hydrogen-bond acceptors (Lipinski definition) is 5. The predicted octanol–water partition coefficient (Wildman–Crippen LogP) is 1.07. The third kappa shape index (κ3) is 3.16. The molecule has 4 rings (SSSR count). The summed E-state index contributed by atoms with van der Waals surface area (Å²) in [5.74, 6) is -0.122. The standard InChI is InChI=1S/C18H23N5O3/c1-26-18(6-7-18)17(25)22-13-4-2-12(3-5-13)21-16(24)14-10-20-23-9-8-19-11-15(14)23/h8-13H,2-7H2,1H3,(H,21,24)(H,22,25). The molecule has 0 saturated heterocycles. The summed E-state index contributed by atoms with van der Waals surface area (Å²) >= 11 is 0. The Morgan fingerprint density at radius 3 is 2.50 bits per heavy atom. The van der Waals surface area contributed by atoms with Gasteiger partial charge in [-0.25, -0.2) is 4.52 Å². The fraction of sp³-hybridized carbons (Fsp3) is 0.556. The van der Waals surface area contributed by atoms with Crippen LogP contribution in [0, 0.1) is 0 Å². The molecule has 138 valence electrons. The molecule has 2 aliphatic carbocycles. The number of carbonyl (C=O) groups excluding carboxylic acids is 2. The first-order valence-electron chi connectivity index (χ1n) is 9.06. The first kappa shape index (κ1) is 17.0. The number of nitrogens with zero attached hydrogens (tertiary/aromatic N) is 3. The van der Waals surface area contributed by atoms with E-state index in [4.69, 9.17) is 4.74 Å². The Morgan fingerprint density at radius 1 is 1.15 bits per heavy atom. The van der Waals surface area contributed by atoms with Gasteiger partial charge in [0, 0.05) is 31.6 Å². The quantitative estimate of drug-likeness (QED) is 0.834. The number of aromatic nitrogens is 3. The molecule has 2 aromatic heterocycles. The number of carbonyl (C=O) groups is 2. The van der Waals surface area contributed by atoms with Crippen LogP contribution in [0.2, 0.25) is 0 Å². The molecule has 2 heterocycles. The molecule has 0 spiro atoms. The van der Waals surface area contributed by atoms with Crippen molar-refractivity contribution in [1.29, 1.82) is 0 Å². The highest BCUT2D eigenvalue weighted by atomic mass is 16.5. The van der Waals surface area contributed by atoms with E-state index in [-0.39, 0.29) is 23.9 Å². The van der Waals surface area contributed by atoms with Gasteiger partial charge in [-0.2, -0.15) is 5.10 Å². The zero-order chi connectivity index (χ0) is 18.1. The molecular weight excluding hydrogens is 334 g/mol. The molecule has 0 unspecified atom stereocenters. The first-order chi connectivity index (χ1) is 12.6. The Balaban J connectivity index is 1.30. The van der Waals surface area contributed by atoms with Gasteiger partial charge in [-0.3, -0.25) is 14.6 Å². The summed E-state index contributed by atoms with van der Waals surface area (Å²) in [6.07, 6.45) is 11.5. The Morgan fingerprint density at radius 2 is 1.85 bits per heavy atom. The van der Waals surface area contributed by atoms with Gasteiger partial charge in [0.25, 0.3) is 11.8 Å². The topological polar surface area (TPSA) is 97.6 Å². The van der Waals surface area contributed by atoms with E-state index in [9.17, 15) is 9.59 Å². The molecule has 0 bridgehead atoms. The van der Waals surface area contributed by atoms with Crippen molar-refractivity contribution >= 4 is 17.3 Å². The van der Waals surface area contributed by atoms with Crippen LogP contribution in [0.5, 0.6) is 0 Å². The SMILES string of the molecule is COC1(C(=O)NC2CCC(NC(=O)c3cnn4ccncc34)CC2)CC1. The van der Waals surface area contributed by atoms with Crippen LogP contribution < -0.4 is 10.6 Å². The minimum absolute atomic E-state index is 0.00587. The van der Waals surface area contributed by atoms with Gasteiger partial charge in [-0.15, -0.1) is 0 Å². The summed E-state index contributed by atoms with van der Waals surface area (Å²) in [5.41, 5.74) is 0.646. The molecule has 2 amide bonds. The van der Waals surface area contributed by atoms with Crippen LogP contribution in [0.3, 0.4) is 0 Å². The lowest BCUT2D eigenvalue weighted by Crippen LogP contribution is -2.47. The van der Waals surface area contributed by atoms with Crippen molar-refractivity contribution in [2.75, 3.05) is 7.11 Å². The lowest BCUT2D eigenvalue weighted by Gasteiger charge is -2.30. The number of rotatable bonds is 5. The highest BCUT2D eigenvalue weighted by Gasteiger charge is 2.51. The van der Waals surface area contributed by atoms with Crippen molar-refractivity contribution in [3.63, 3.8) is 0 Å². The van der Waals surface area contributed by atoms with Gasteiger partial charge in [0.05, 0.1) is 23.5 Å². The number of methoxy groups -OCH3 is 1. The van der Waals surface area contributed by atoms with Gasteiger partial charge < -0.3 is 15.4 Å². The maximum atomic E-state index is 12.5. The zero-order valence-electron chi connectivity index (χ0n) is 14.8. The van der Waals surface area contributed by atoms with E-state index in [1.165, 1.54) is 0 Å².